The minimum Gasteiger partial charge on any atom is -0.378 e. The number of carbonyl (C=O) groups is 1. The van der Waals surface area contributed by atoms with Gasteiger partial charge in [0.1, 0.15) is 0 Å². The van der Waals surface area contributed by atoms with E-state index in [-0.39, 0.29) is 11.3 Å². The van der Waals surface area contributed by atoms with Gasteiger partial charge in [0.25, 0.3) is 5.91 Å². The Bertz CT molecular complexity index is 634. The van der Waals surface area contributed by atoms with Crippen molar-refractivity contribution in [2.45, 2.75) is 20.3 Å². The van der Waals surface area contributed by atoms with Crippen LogP contribution in [0.1, 0.15) is 30.6 Å². The first-order valence-electron chi connectivity index (χ1n) is 8.86. The van der Waals surface area contributed by atoms with Crippen molar-refractivity contribution in [3.63, 3.8) is 0 Å². The first-order valence-corrected chi connectivity index (χ1v) is 8.86. The lowest BCUT2D eigenvalue weighted by molar-refractivity contribution is -0.0789. The van der Waals surface area contributed by atoms with E-state index in [1.54, 1.807) is 0 Å². The van der Waals surface area contributed by atoms with Crippen molar-refractivity contribution in [1.29, 1.82) is 0 Å². The maximum atomic E-state index is 13.1. The highest BCUT2D eigenvalue weighted by Crippen LogP contribution is 2.62. The van der Waals surface area contributed by atoms with E-state index in [1.165, 1.54) is 6.42 Å². The number of amides is 1. The van der Waals surface area contributed by atoms with E-state index < -0.39 is 0 Å². The molecule has 2 atom stereocenters. The van der Waals surface area contributed by atoms with Crippen molar-refractivity contribution in [3.05, 3.63) is 29.8 Å². The third-order valence-corrected chi connectivity index (χ3v) is 5.93. The number of anilines is 1. The van der Waals surface area contributed by atoms with Crippen molar-refractivity contribution >= 4 is 11.6 Å². The van der Waals surface area contributed by atoms with Crippen molar-refractivity contribution < 1.29 is 4.79 Å². The van der Waals surface area contributed by atoms with E-state index in [0.717, 1.165) is 30.9 Å². The molecular formula is C20H31N3O. The van der Waals surface area contributed by atoms with E-state index in [4.69, 9.17) is 0 Å². The number of hydrogen-bond donors (Lipinski definition) is 0. The number of likely N-dealkylation sites (tertiary alicyclic amines) is 1. The van der Waals surface area contributed by atoms with Crippen molar-refractivity contribution in [2.75, 3.05) is 52.7 Å². The predicted octanol–water partition coefficient (Wildman–Crippen LogP) is 2.80. The van der Waals surface area contributed by atoms with Crippen molar-refractivity contribution in [3.8, 4) is 0 Å². The first-order chi connectivity index (χ1) is 11.1. The molecule has 2 fully saturated rings. The van der Waals surface area contributed by atoms with Crippen LogP contribution in [0.25, 0.3) is 0 Å². The monoisotopic (exact) mass is 329 g/mol. The van der Waals surface area contributed by atoms with Crippen LogP contribution in [0.5, 0.6) is 0 Å². The highest BCUT2D eigenvalue weighted by molar-refractivity contribution is 5.95. The second-order valence-electron chi connectivity index (χ2n) is 8.95. The molecule has 3 rings (SSSR count). The Labute approximate surface area is 146 Å². The Morgan fingerprint density at radius 1 is 1.25 bits per heavy atom. The first kappa shape index (κ1) is 17.3. The minimum absolute atomic E-state index is 0.182. The molecule has 0 spiro atoms. The van der Waals surface area contributed by atoms with Crippen LogP contribution in [0.3, 0.4) is 0 Å². The average Bonchev–Trinajstić information content (AvgIpc) is 2.80. The zero-order valence-electron chi connectivity index (χ0n) is 16.0. The van der Waals surface area contributed by atoms with Crippen LogP contribution in [0.15, 0.2) is 24.3 Å². The Balaban J connectivity index is 1.81. The molecule has 1 aliphatic heterocycles. The zero-order valence-corrected chi connectivity index (χ0v) is 16.0. The molecule has 0 radical (unpaired) electrons. The highest BCUT2D eigenvalue weighted by atomic mass is 16.2. The van der Waals surface area contributed by atoms with Gasteiger partial charge in [-0.2, -0.15) is 0 Å². The Hall–Kier alpha value is -1.55. The van der Waals surface area contributed by atoms with Crippen LogP contribution in [-0.4, -0.2) is 63.5 Å². The molecule has 4 heteroatoms. The number of hydrogen-bond acceptors (Lipinski definition) is 3. The molecule has 0 N–H and O–H groups in total. The van der Waals surface area contributed by atoms with Gasteiger partial charge in [-0.15, -0.1) is 0 Å². The number of fused-ring (bicyclic) bond motifs is 1. The largest absolute Gasteiger partial charge is 0.378 e. The third kappa shape index (κ3) is 2.81. The van der Waals surface area contributed by atoms with Gasteiger partial charge in [-0.3, -0.25) is 4.79 Å². The average molecular weight is 329 g/mol. The van der Waals surface area contributed by atoms with Gasteiger partial charge in [0.2, 0.25) is 0 Å². The predicted molar refractivity (Wildman–Crippen MR) is 99.5 cm³/mol. The lowest BCUT2D eigenvalue weighted by atomic mass is 9.48. The second kappa shape index (κ2) is 5.76. The number of carbonyl (C=O) groups excluding carboxylic acids is 1. The van der Waals surface area contributed by atoms with Gasteiger partial charge < -0.3 is 14.7 Å². The molecule has 1 saturated heterocycles. The molecule has 1 aromatic carbocycles. The summed E-state index contributed by atoms with van der Waals surface area (Å²) in [4.78, 5) is 19.5. The van der Waals surface area contributed by atoms with Gasteiger partial charge in [-0.25, -0.2) is 0 Å². The molecule has 132 valence electrons. The minimum atomic E-state index is 0.182. The van der Waals surface area contributed by atoms with Crippen LogP contribution in [0, 0.1) is 16.7 Å². The summed E-state index contributed by atoms with van der Waals surface area (Å²) in [6.45, 7) is 7.57. The summed E-state index contributed by atoms with van der Waals surface area (Å²) in [5, 5.41) is 0. The quantitative estimate of drug-likeness (QED) is 0.850. The summed E-state index contributed by atoms with van der Waals surface area (Å²) in [5.41, 5.74) is 2.50. The standard InChI is InChI=1S/C20H31N3O/c1-19(2)12-20(13-21(3)4)14-23(11-17(19)20)18(24)15-8-7-9-16(10-15)22(5)6/h7-10,17H,11-14H2,1-6H3/t17-,20+/m1/s1. The van der Waals surface area contributed by atoms with Crippen molar-refractivity contribution in [1.82, 2.24) is 9.80 Å². The van der Waals surface area contributed by atoms with Gasteiger partial charge in [-0.05, 0) is 50.0 Å². The van der Waals surface area contributed by atoms with Gasteiger partial charge in [0, 0.05) is 50.4 Å². The topological polar surface area (TPSA) is 26.8 Å². The van der Waals surface area contributed by atoms with Gasteiger partial charge in [-0.1, -0.05) is 19.9 Å². The second-order valence-corrected chi connectivity index (χ2v) is 8.95. The highest BCUT2D eigenvalue weighted by Gasteiger charge is 2.63. The fraction of sp³-hybridized carbons (Fsp3) is 0.650. The molecule has 24 heavy (non-hydrogen) atoms. The normalized spacial score (nSPS) is 27.8. The smallest absolute Gasteiger partial charge is 0.253 e. The number of nitrogens with zero attached hydrogens (tertiary/aromatic N) is 3. The Morgan fingerprint density at radius 2 is 1.96 bits per heavy atom. The van der Waals surface area contributed by atoms with Crippen LogP contribution in [0.2, 0.25) is 0 Å². The summed E-state index contributed by atoms with van der Waals surface area (Å²) >= 11 is 0. The van der Waals surface area contributed by atoms with Gasteiger partial charge in [0.15, 0.2) is 0 Å². The SMILES string of the molecule is CN(C)C[C@@]12CN(C(=O)c3cccc(N(C)C)c3)C[C@@H]1C(C)(C)C2. The van der Waals surface area contributed by atoms with E-state index in [9.17, 15) is 4.79 Å². The maximum absolute atomic E-state index is 13.1. The molecule has 1 amide bonds. The molecule has 0 aromatic heterocycles. The fourth-order valence-electron chi connectivity index (χ4n) is 5.22. The van der Waals surface area contributed by atoms with Gasteiger partial charge >= 0.3 is 0 Å². The Kier molecular flexibility index (Phi) is 4.15. The zero-order chi connectivity index (χ0) is 17.7. The summed E-state index contributed by atoms with van der Waals surface area (Å²) in [7, 11) is 8.30. The molecule has 0 bridgehead atoms. The van der Waals surface area contributed by atoms with E-state index in [0.29, 0.717) is 11.3 Å². The third-order valence-electron chi connectivity index (χ3n) is 5.93. The van der Waals surface area contributed by atoms with Crippen LogP contribution >= 0.6 is 0 Å². The molecule has 1 saturated carbocycles. The van der Waals surface area contributed by atoms with E-state index in [2.05, 4.69) is 37.7 Å². The maximum Gasteiger partial charge on any atom is 0.253 e. The van der Waals surface area contributed by atoms with E-state index >= 15 is 0 Å². The van der Waals surface area contributed by atoms with Crippen molar-refractivity contribution in [2.24, 2.45) is 16.7 Å². The lowest BCUT2D eigenvalue weighted by Gasteiger charge is -2.57. The Morgan fingerprint density at radius 3 is 2.54 bits per heavy atom. The van der Waals surface area contributed by atoms with Gasteiger partial charge in [0.05, 0.1) is 0 Å². The molecular weight excluding hydrogens is 298 g/mol. The molecule has 1 aliphatic carbocycles. The molecule has 1 aromatic rings. The van der Waals surface area contributed by atoms with Crippen LogP contribution in [0.4, 0.5) is 5.69 Å². The molecule has 0 unspecified atom stereocenters. The molecule has 2 aliphatic rings. The molecule has 4 nitrogen and oxygen atoms in total. The van der Waals surface area contributed by atoms with Crippen LogP contribution in [-0.2, 0) is 0 Å². The summed E-state index contributed by atoms with van der Waals surface area (Å²) in [5.74, 6) is 0.787. The van der Waals surface area contributed by atoms with E-state index in [1.807, 2.05) is 43.3 Å². The fourth-order valence-corrected chi connectivity index (χ4v) is 5.22. The van der Waals surface area contributed by atoms with Crippen LogP contribution < -0.4 is 4.90 Å². The number of rotatable bonds is 4. The summed E-state index contributed by atoms with van der Waals surface area (Å²) < 4.78 is 0. The molecule has 1 heterocycles. The summed E-state index contributed by atoms with van der Waals surface area (Å²) in [6, 6.07) is 7.97. The lowest BCUT2D eigenvalue weighted by Crippen LogP contribution is -2.57. The number of benzene rings is 1. The summed E-state index contributed by atoms with van der Waals surface area (Å²) in [6.07, 6.45) is 1.21.